The number of aliphatic hydroxyl groups excluding tert-OH is 4. The summed E-state index contributed by atoms with van der Waals surface area (Å²) >= 11 is 0. The van der Waals surface area contributed by atoms with Crippen molar-refractivity contribution >= 4 is 18.2 Å². The first-order chi connectivity index (χ1) is 14.0. The van der Waals surface area contributed by atoms with E-state index in [9.17, 15) is 29.7 Å². The highest BCUT2D eigenvalue weighted by Gasteiger charge is 2.60. The first kappa shape index (κ1) is 24.2. The van der Waals surface area contributed by atoms with E-state index in [4.69, 9.17) is 14.6 Å². The van der Waals surface area contributed by atoms with Crippen molar-refractivity contribution in [2.75, 3.05) is 13.7 Å². The van der Waals surface area contributed by atoms with Crippen LogP contribution in [0.15, 0.2) is 24.3 Å². The van der Waals surface area contributed by atoms with E-state index in [1.54, 1.807) is 6.92 Å². The van der Waals surface area contributed by atoms with Crippen molar-refractivity contribution in [2.45, 2.75) is 50.6 Å². The summed E-state index contributed by atoms with van der Waals surface area (Å²) in [5, 5.41) is 40.6. The van der Waals surface area contributed by atoms with Crippen LogP contribution >= 0.6 is 0 Å². The predicted molar refractivity (Wildman–Crippen MR) is 104 cm³/mol. The van der Waals surface area contributed by atoms with Crippen LogP contribution in [0.4, 0.5) is 0 Å². The number of carbonyl (C=O) groups is 3. The molecule has 2 aliphatic rings. The average Bonchev–Trinajstić information content (AvgIpc) is 2.72. The van der Waals surface area contributed by atoms with Gasteiger partial charge in [0.15, 0.2) is 0 Å². The summed E-state index contributed by atoms with van der Waals surface area (Å²) in [6.07, 6.45) is -3.34. The molecule has 9 heteroatoms. The molecule has 0 unspecified atom stereocenters. The Kier molecular flexibility index (Phi) is 7.57. The first-order valence-corrected chi connectivity index (χ1v) is 9.80. The Hall–Kier alpha value is -2.07. The highest BCUT2D eigenvalue weighted by molar-refractivity contribution is 5.90. The molecule has 0 aromatic carbocycles. The molecule has 4 N–H and O–H groups in total. The Balaban J connectivity index is 2.45. The van der Waals surface area contributed by atoms with Gasteiger partial charge in [0.05, 0.1) is 37.4 Å². The molecule has 2 fully saturated rings. The standard InChI is InChI=1S/C21H30O9/c1-10(13(24)9-23)20(28)30-14-7-21(3)15(25)6-5-12(8-22)17(21)18(26)16(14)11(2)19(27)29-4/h8,12-18,23-26H,1-2,5-7,9H2,3-4H3/t12-,13+,14+,15-,16-,17+,18-,21-/m1/s1. The van der Waals surface area contributed by atoms with Gasteiger partial charge in [0.2, 0.25) is 0 Å². The minimum atomic E-state index is -1.53. The Morgan fingerprint density at radius 2 is 1.87 bits per heavy atom. The lowest BCUT2D eigenvalue weighted by molar-refractivity contribution is -0.198. The van der Waals surface area contributed by atoms with E-state index in [-0.39, 0.29) is 12.0 Å². The second-order valence-corrected chi connectivity index (χ2v) is 8.33. The Bertz CT molecular complexity index is 717. The molecule has 9 nitrogen and oxygen atoms in total. The Morgan fingerprint density at radius 1 is 1.23 bits per heavy atom. The third kappa shape index (κ3) is 4.20. The maximum atomic E-state index is 12.5. The minimum Gasteiger partial charge on any atom is -0.466 e. The van der Waals surface area contributed by atoms with Gasteiger partial charge in [-0.15, -0.1) is 0 Å². The van der Waals surface area contributed by atoms with E-state index in [1.807, 2.05) is 0 Å². The zero-order chi connectivity index (χ0) is 22.8. The fraction of sp³-hybridized carbons (Fsp3) is 0.667. The van der Waals surface area contributed by atoms with Crippen LogP contribution in [-0.2, 0) is 23.9 Å². The van der Waals surface area contributed by atoms with Crippen molar-refractivity contribution in [2.24, 2.45) is 23.2 Å². The van der Waals surface area contributed by atoms with E-state index in [2.05, 4.69) is 13.2 Å². The number of ether oxygens (including phenoxy) is 2. The quantitative estimate of drug-likeness (QED) is 0.240. The van der Waals surface area contributed by atoms with Gasteiger partial charge in [-0.2, -0.15) is 0 Å². The van der Waals surface area contributed by atoms with Gasteiger partial charge in [-0.3, -0.25) is 0 Å². The number of fused-ring (bicyclic) bond motifs is 1. The molecule has 2 saturated carbocycles. The average molecular weight is 426 g/mol. The second kappa shape index (κ2) is 9.38. The first-order valence-electron chi connectivity index (χ1n) is 9.80. The lowest BCUT2D eigenvalue weighted by atomic mass is 9.51. The summed E-state index contributed by atoms with van der Waals surface area (Å²) in [4.78, 5) is 36.3. The molecule has 30 heavy (non-hydrogen) atoms. The molecule has 0 saturated heterocycles. The Morgan fingerprint density at radius 3 is 2.40 bits per heavy atom. The van der Waals surface area contributed by atoms with Crippen molar-refractivity contribution in [3.05, 3.63) is 24.3 Å². The molecule has 0 heterocycles. The molecule has 0 radical (unpaired) electrons. The smallest absolute Gasteiger partial charge is 0.336 e. The number of hydrogen-bond acceptors (Lipinski definition) is 9. The van der Waals surface area contributed by atoms with E-state index >= 15 is 0 Å². The monoisotopic (exact) mass is 426 g/mol. The number of aldehydes is 1. The lowest BCUT2D eigenvalue weighted by Gasteiger charge is -2.56. The van der Waals surface area contributed by atoms with Crippen LogP contribution in [0.5, 0.6) is 0 Å². The van der Waals surface area contributed by atoms with Gasteiger partial charge >= 0.3 is 11.9 Å². The third-order valence-corrected chi connectivity index (χ3v) is 6.66. The molecule has 2 aliphatic carbocycles. The normalized spacial score (nSPS) is 36.7. The molecule has 0 spiro atoms. The summed E-state index contributed by atoms with van der Waals surface area (Å²) in [5.74, 6) is -4.16. The SMILES string of the molecule is C=C(C(=O)OC)[C@H]1[C@@H](O)[C@@H]2[C@@H](C=O)CC[C@@H](O)[C@@]2(C)C[C@@H]1OC(=O)C(=C)[C@@H](O)CO. The minimum absolute atomic E-state index is 0.0369. The van der Waals surface area contributed by atoms with Gasteiger partial charge in [0.1, 0.15) is 18.5 Å². The molecule has 0 bridgehead atoms. The molecular weight excluding hydrogens is 396 g/mol. The van der Waals surface area contributed by atoms with E-state index < -0.39 is 71.7 Å². The number of aliphatic hydroxyl groups is 4. The molecule has 2 rings (SSSR count). The molecule has 0 amide bonds. The van der Waals surface area contributed by atoms with Gasteiger partial charge in [-0.25, -0.2) is 9.59 Å². The summed E-state index contributed by atoms with van der Waals surface area (Å²) in [6.45, 7) is 8.08. The molecule has 0 aromatic heterocycles. The van der Waals surface area contributed by atoms with Crippen LogP contribution < -0.4 is 0 Å². The Labute approximate surface area is 175 Å². The van der Waals surface area contributed by atoms with Gasteiger partial charge in [-0.1, -0.05) is 20.1 Å². The van der Waals surface area contributed by atoms with Gasteiger partial charge in [-0.05, 0) is 19.3 Å². The molecule has 0 aromatic rings. The van der Waals surface area contributed by atoms with Crippen LogP contribution in [0.2, 0.25) is 0 Å². The highest BCUT2D eigenvalue weighted by Crippen LogP contribution is 2.55. The molecule has 168 valence electrons. The molecule has 0 aliphatic heterocycles. The van der Waals surface area contributed by atoms with Crippen molar-refractivity contribution in [3.8, 4) is 0 Å². The van der Waals surface area contributed by atoms with E-state index in [0.717, 1.165) is 13.4 Å². The summed E-state index contributed by atoms with van der Waals surface area (Å²) in [7, 11) is 1.14. The van der Waals surface area contributed by atoms with Crippen molar-refractivity contribution < 1.29 is 44.3 Å². The number of methoxy groups -OCH3 is 1. The number of hydrogen-bond donors (Lipinski definition) is 4. The fourth-order valence-corrected chi connectivity index (χ4v) is 4.91. The van der Waals surface area contributed by atoms with E-state index in [0.29, 0.717) is 12.8 Å². The maximum Gasteiger partial charge on any atom is 0.336 e. The van der Waals surface area contributed by atoms with Gasteiger partial charge < -0.3 is 34.7 Å². The molecule has 8 atom stereocenters. The maximum absolute atomic E-state index is 12.5. The van der Waals surface area contributed by atoms with Crippen LogP contribution in [0.1, 0.15) is 26.2 Å². The predicted octanol–water partition coefficient (Wildman–Crippen LogP) is -0.490. The fourth-order valence-electron chi connectivity index (χ4n) is 4.91. The van der Waals surface area contributed by atoms with Crippen LogP contribution in [-0.4, -0.2) is 76.8 Å². The van der Waals surface area contributed by atoms with Crippen LogP contribution in [0, 0.1) is 23.2 Å². The van der Waals surface area contributed by atoms with Crippen LogP contribution in [0.3, 0.4) is 0 Å². The summed E-state index contributed by atoms with van der Waals surface area (Å²) in [6, 6.07) is 0. The number of carbonyl (C=O) groups excluding carboxylic acids is 3. The third-order valence-electron chi connectivity index (χ3n) is 6.66. The largest absolute Gasteiger partial charge is 0.466 e. The zero-order valence-electron chi connectivity index (χ0n) is 17.2. The van der Waals surface area contributed by atoms with Crippen molar-refractivity contribution in [3.63, 3.8) is 0 Å². The van der Waals surface area contributed by atoms with E-state index in [1.165, 1.54) is 0 Å². The summed E-state index contributed by atoms with van der Waals surface area (Å²) in [5.41, 5.74) is -1.50. The zero-order valence-corrected chi connectivity index (χ0v) is 17.2. The number of esters is 2. The van der Waals surface area contributed by atoms with Gasteiger partial charge in [0.25, 0.3) is 0 Å². The summed E-state index contributed by atoms with van der Waals surface area (Å²) < 4.78 is 10.2. The molecular formula is C21H30O9. The number of rotatable bonds is 7. The van der Waals surface area contributed by atoms with Crippen molar-refractivity contribution in [1.29, 1.82) is 0 Å². The van der Waals surface area contributed by atoms with Crippen molar-refractivity contribution in [1.82, 2.24) is 0 Å². The van der Waals surface area contributed by atoms with Crippen LogP contribution in [0.25, 0.3) is 0 Å². The van der Waals surface area contributed by atoms with Gasteiger partial charge in [0, 0.05) is 22.8 Å². The second-order valence-electron chi connectivity index (χ2n) is 8.33. The highest BCUT2D eigenvalue weighted by atomic mass is 16.5. The lowest BCUT2D eigenvalue weighted by Crippen LogP contribution is -2.62. The topological polar surface area (TPSA) is 151 Å².